The van der Waals surface area contributed by atoms with Crippen molar-refractivity contribution in [1.29, 1.82) is 0 Å². The van der Waals surface area contributed by atoms with Gasteiger partial charge in [0.25, 0.3) is 0 Å². The molecule has 0 heterocycles. The van der Waals surface area contributed by atoms with Crippen LogP contribution in [-0.4, -0.2) is 31.3 Å². The van der Waals surface area contributed by atoms with Gasteiger partial charge in [0.15, 0.2) is 0 Å². The van der Waals surface area contributed by atoms with E-state index in [1.165, 1.54) is 6.07 Å². The summed E-state index contributed by atoms with van der Waals surface area (Å²) in [5, 5.41) is 12.1. The molecule has 0 atom stereocenters. The highest BCUT2D eigenvalue weighted by Gasteiger charge is 2.12. The number of nitrogens with zero attached hydrogens (tertiary/aromatic N) is 1. The molecule has 0 bridgehead atoms. The molecule has 3 nitrogen and oxygen atoms in total. The molecule has 1 aromatic carbocycles. The lowest BCUT2D eigenvalue weighted by molar-refractivity contribution is 0.283. The summed E-state index contributed by atoms with van der Waals surface area (Å²) in [6.45, 7) is 5.86. The van der Waals surface area contributed by atoms with E-state index in [1.807, 2.05) is 18.0 Å². The number of anilines is 1. The minimum atomic E-state index is -0.169. The zero-order valence-electron chi connectivity index (χ0n) is 12.8. The van der Waals surface area contributed by atoms with Gasteiger partial charge in [0.05, 0.1) is 5.69 Å². The Kier molecular flexibility index (Phi) is 7.55. The van der Waals surface area contributed by atoms with Crippen LogP contribution < -0.4 is 10.2 Å². The van der Waals surface area contributed by atoms with Crippen LogP contribution in [0.25, 0.3) is 0 Å². The van der Waals surface area contributed by atoms with Crippen LogP contribution in [0, 0.1) is 5.82 Å². The lowest BCUT2D eigenvalue weighted by Gasteiger charge is -2.23. The Morgan fingerprint density at radius 3 is 2.65 bits per heavy atom. The summed E-state index contributed by atoms with van der Waals surface area (Å²) in [6.07, 6.45) is 2.74. The third-order valence-electron chi connectivity index (χ3n) is 3.30. The molecule has 0 radical (unpaired) electrons. The van der Waals surface area contributed by atoms with Crippen molar-refractivity contribution in [2.45, 2.75) is 45.7 Å². The maximum absolute atomic E-state index is 14.1. The number of para-hydroxylation sites is 1. The number of hydrogen-bond donors (Lipinski definition) is 2. The molecule has 0 unspecified atom stereocenters. The SMILES string of the molecule is CC(C)NCc1cccc(F)c1N(C)CCCCCO. The number of aliphatic hydroxyl groups is 1. The maximum atomic E-state index is 14.1. The molecule has 4 heteroatoms. The second-order valence-electron chi connectivity index (χ2n) is 5.49. The van der Waals surface area contributed by atoms with E-state index < -0.39 is 0 Å². The fourth-order valence-electron chi connectivity index (χ4n) is 2.19. The monoisotopic (exact) mass is 282 g/mol. The van der Waals surface area contributed by atoms with Crippen molar-refractivity contribution in [2.75, 3.05) is 25.1 Å². The molecule has 20 heavy (non-hydrogen) atoms. The van der Waals surface area contributed by atoms with Crippen molar-refractivity contribution < 1.29 is 9.50 Å². The number of halogens is 1. The van der Waals surface area contributed by atoms with Gasteiger partial charge < -0.3 is 15.3 Å². The quantitative estimate of drug-likeness (QED) is 0.684. The van der Waals surface area contributed by atoms with Gasteiger partial charge in [-0.25, -0.2) is 4.39 Å². The fourth-order valence-corrected chi connectivity index (χ4v) is 2.19. The van der Waals surface area contributed by atoms with E-state index in [4.69, 9.17) is 5.11 Å². The Balaban J connectivity index is 2.70. The molecule has 0 saturated heterocycles. The highest BCUT2D eigenvalue weighted by molar-refractivity contribution is 5.54. The third kappa shape index (κ3) is 5.47. The fraction of sp³-hybridized carbons (Fsp3) is 0.625. The Morgan fingerprint density at radius 2 is 2.00 bits per heavy atom. The average Bonchev–Trinajstić information content (AvgIpc) is 2.41. The van der Waals surface area contributed by atoms with Crippen molar-refractivity contribution in [1.82, 2.24) is 5.32 Å². The second-order valence-corrected chi connectivity index (χ2v) is 5.49. The second kappa shape index (κ2) is 8.93. The van der Waals surface area contributed by atoms with Crippen LogP contribution in [0.1, 0.15) is 38.7 Å². The van der Waals surface area contributed by atoms with Crippen LogP contribution in [-0.2, 0) is 6.54 Å². The van der Waals surface area contributed by atoms with Crippen molar-refractivity contribution in [2.24, 2.45) is 0 Å². The molecule has 0 amide bonds. The van der Waals surface area contributed by atoms with Crippen LogP contribution in [0.5, 0.6) is 0 Å². The van der Waals surface area contributed by atoms with Gasteiger partial charge in [0.2, 0.25) is 0 Å². The number of rotatable bonds is 9. The minimum Gasteiger partial charge on any atom is -0.396 e. The minimum absolute atomic E-state index is 0.169. The van der Waals surface area contributed by atoms with E-state index in [-0.39, 0.29) is 12.4 Å². The van der Waals surface area contributed by atoms with E-state index in [1.54, 1.807) is 6.07 Å². The third-order valence-corrected chi connectivity index (χ3v) is 3.30. The number of hydrogen-bond acceptors (Lipinski definition) is 3. The summed E-state index contributed by atoms with van der Waals surface area (Å²) < 4.78 is 14.1. The van der Waals surface area contributed by atoms with Crippen LogP contribution in [0.2, 0.25) is 0 Å². The largest absolute Gasteiger partial charge is 0.396 e. The Bertz CT molecular complexity index is 396. The summed E-state index contributed by atoms with van der Waals surface area (Å²) in [4.78, 5) is 1.98. The summed E-state index contributed by atoms with van der Waals surface area (Å²) in [5.74, 6) is -0.169. The van der Waals surface area contributed by atoms with E-state index in [9.17, 15) is 4.39 Å². The molecule has 0 fully saturated rings. The first-order chi connectivity index (χ1) is 9.56. The summed E-state index contributed by atoms with van der Waals surface area (Å²) in [5.41, 5.74) is 1.67. The molecule has 0 aliphatic carbocycles. The topological polar surface area (TPSA) is 35.5 Å². The molecule has 0 spiro atoms. The van der Waals surface area contributed by atoms with E-state index in [0.29, 0.717) is 18.3 Å². The number of aliphatic hydroxyl groups excluding tert-OH is 1. The van der Waals surface area contributed by atoms with Gasteiger partial charge in [0, 0.05) is 32.8 Å². The predicted octanol–water partition coefficient (Wildman–Crippen LogP) is 2.92. The molecule has 114 valence electrons. The van der Waals surface area contributed by atoms with Gasteiger partial charge >= 0.3 is 0 Å². The predicted molar refractivity (Wildman–Crippen MR) is 82.6 cm³/mol. The van der Waals surface area contributed by atoms with Gasteiger partial charge in [-0.2, -0.15) is 0 Å². The molecule has 0 saturated carbocycles. The van der Waals surface area contributed by atoms with Gasteiger partial charge in [-0.3, -0.25) is 0 Å². The lowest BCUT2D eigenvalue weighted by atomic mass is 10.1. The molecule has 0 aromatic heterocycles. The van der Waals surface area contributed by atoms with Crippen LogP contribution in [0.15, 0.2) is 18.2 Å². The Hall–Kier alpha value is -1.13. The highest BCUT2D eigenvalue weighted by Crippen LogP contribution is 2.24. The standard InChI is InChI=1S/C16H27FN2O/c1-13(2)18-12-14-8-7-9-15(17)16(14)19(3)10-5-4-6-11-20/h7-9,13,18,20H,4-6,10-12H2,1-3H3. The van der Waals surface area contributed by atoms with Gasteiger partial charge in [-0.1, -0.05) is 26.0 Å². The van der Waals surface area contributed by atoms with Crippen molar-refractivity contribution in [3.8, 4) is 0 Å². The van der Waals surface area contributed by atoms with Crippen LogP contribution >= 0.6 is 0 Å². The summed E-state index contributed by atoms with van der Waals surface area (Å²) >= 11 is 0. The first-order valence-electron chi connectivity index (χ1n) is 7.39. The van der Waals surface area contributed by atoms with Crippen LogP contribution in [0.3, 0.4) is 0 Å². The summed E-state index contributed by atoms with van der Waals surface area (Å²) in [7, 11) is 1.93. The molecule has 2 N–H and O–H groups in total. The van der Waals surface area contributed by atoms with E-state index in [2.05, 4.69) is 19.2 Å². The number of benzene rings is 1. The molecule has 1 aromatic rings. The van der Waals surface area contributed by atoms with Crippen LogP contribution in [0.4, 0.5) is 10.1 Å². The van der Waals surface area contributed by atoms with Crippen molar-refractivity contribution in [3.63, 3.8) is 0 Å². The zero-order valence-corrected chi connectivity index (χ0v) is 12.8. The first-order valence-corrected chi connectivity index (χ1v) is 7.39. The number of unbranched alkanes of at least 4 members (excludes halogenated alkanes) is 2. The Labute approximate surface area is 121 Å². The molecular formula is C16H27FN2O. The molecule has 0 aliphatic rings. The smallest absolute Gasteiger partial charge is 0.146 e. The van der Waals surface area contributed by atoms with Gasteiger partial charge in [-0.15, -0.1) is 0 Å². The zero-order chi connectivity index (χ0) is 15.0. The van der Waals surface area contributed by atoms with Crippen molar-refractivity contribution in [3.05, 3.63) is 29.6 Å². The molecule has 0 aliphatic heterocycles. The maximum Gasteiger partial charge on any atom is 0.146 e. The summed E-state index contributed by atoms with van der Waals surface area (Å²) in [6, 6.07) is 5.62. The van der Waals surface area contributed by atoms with Crippen molar-refractivity contribution >= 4 is 5.69 Å². The van der Waals surface area contributed by atoms with Gasteiger partial charge in [-0.05, 0) is 30.9 Å². The number of nitrogens with one attached hydrogen (secondary N) is 1. The van der Waals surface area contributed by atoms with Gasteiger partial charge in [0.1, 0.15) is 5.82 Å². The normalized spacial score (nSPS) is 11.1. The molecular weight excluding hydrogens is 255 g/mol. The average molecular weight is 282 g/mol. The van der Waals surface area contributed by atoms with E-state index in [0.717, 1.165) is 31.4 Å². The molecule has 1 rings (SSSR count). The highest BCUT2D eigenvalue weighted by atomic mass is 19.1. The lowest BCUT2D eigenvalue weighted by Crippen LogP contribution is -2.26. The van der Waals surface area contributed by atoms with E-state index >= 15 is 0 Å². The Morgan fingerprint density at radius 1 is 1.25 bits per heavy atom. The first kappa shape index (κ1) is 16.9.